The van der Waals surface area contributed by atoms with Crippen molar-refractivity contribution in [2.24, 2.45) is 0 Å². The van der Waals surface area contributed by atoms with E-state index in [0.29, 0.717) is 50.5 Å². The van der Waals surface area contributed by atoms with Crippen LogP contribution in [0.5, 0.6) is 0 Å². The summed E-state index contributed by atoms with van der Waals surface area (Å²) in [7, 11) is 0. The Kier molecular flexibility index (Phi) is 6.21. The van der Waals surface area contributed by atoms with E-state index >= 15 is 0 Å². The van der Waals surface area contributed by atoms with Gasteiger partial charge in [-0.1, -0.05) is 0 Å². The van der Waals surface area contributed by atoms with Gasteiger partial charge in [0.05, 0.1) is 11.8 Å². The maximum absolute atomic E-state index is 13.4. The van der Waals surface area contributed by atoms with Gasteiger partial charge in [-0.05, 0) is 31.2 Å². The van der Waals surface area contributed by atoms with Crippen LogP contribution in [-0.4, -0.2) is 57.7 Å². The Morgan fingerprint density at radius 2 is 1.88 bits per heavy atom. The maximum Gasteiger partial charge on any atom is 0.279 e. The third kappa shape index (κ3) is 3.65. The lowest BCUT2D eigenvalue weighted by Crippen LogP contribution is -2.49. The number of fused-ring (bicyclic) bond motifs is 2. The van der Waals surface area contributed by atoms with Gasteiger partial charge in [0.25, 0.3) is 11.5 Å². The van der Waals surface area contributed by atoms with Gasteiger partial charge in [0.15, 0.2) is 5.65 Å². The van der Waals surface area contributed by atoms with Crippen LogP contribution in [0.3, 0.4) is 0 Å². The molecule has 32 heavy (non-hydrogen) atoms. The summed E-state index contributed by atoms with van der Waals surface area (Å²) >= 11 is 0. The number of anilines is 1. The molecule has 1 fully saturated rings. The minimum absolute atomic E-state index is 0. The third-order valence-electron chi connectivity index (χ3n) is 6.27. The average molecular weight is 461 g/mol. The average Bonchev–Trinajstić information content (AvgIpc) is 3.25. The normalized spacial score (nSPS) is 16.1. The number of amides is 1. The predicted octanol–water partition coefficient (Wildman–Crippen LogP) is 1.68. The summed E-state index contributed by atoms with van der Waals surface area (Å²) in [5, 5.41) is 7.53. The largest absolute Gasteiger partial charge is 0.368 e. The van der Waals surface area contributed by atoms with Gasteiger partial charge in [-0.15, -0.1) is 12.4 Å². The van der Waals surface area contributed by atoms with Gasteiger partial charge >= 0.3 is 0 Å². The SMILES string of the molecule is CCn1c2c(c(=O)n3ncc(C(=O)N4CCN(c5ccc(F)cc5)CC4)c13)CNCC2.Cl. The molecular weight excluding hydrogens is 435 g/mol. The first-order valence-electron chi connectivity index (χ1n) is 10.7. The Hall–Kier alpha value is -2.91. The van der Waals surface area contributed by atoms with Crippen molar-refractivity contribution in [3.63, 3.8) is 0 Å². The molecule has 1 aromatic carbocycles. The minimum atomic E-state index is -0.259. The monoisotopic (exact) mass is 460 g/mol. The summed E-state index contributed by atoms with van der Waals surface area (Å²) in [5.74, 6) is -0.366. The van der Waals surface area contributed by atoms with Gasteiger partial charge < -0.3 is 19.7 Å². The van der Waals surface area contributed by atoms with E-state index in [4.69, 9.17) is 0 Å². The Labute approximate surface area is 191 Å². The summed E-state index contributed by atoms with van der Waals surface area (Å²) in [6.07, 6.45) is 2.28. The molecule has 0 saturated carbocycles. The molecule has 170 valence electrons. The second-order valence-corrected chi connectivity index (χ2v) is 7.95. The fraction of sp³-hybridized carbons (Fsp3) is 0.409. The molecule has 2 aromatic heterocycles. The summed E-state index contributed by atoms with van der Waals surface area (Å²) < 4.78 is 16.6. The Balaban J connectivity index is 0.00000245. The van der Waals surface area contributed by atoms with Crippen molar-refractivity contribution in [3.8, 4) is 0 Å². The van der Waals surface area contributed by atoms with Crippen molar-refractivity contribution in [2.75, 3.05) is 37.6 Å². The molecule has 8 nitrogen and oxygen atoms in total. The lowest BCUT2D eigenvalue weighted by molar-refractivity contribution is 0.0748. The summed E-state index contributed by atoms with van der Waals surface area (Å²) in [6, 6.07) is 6.42. The highest BCUT2D eigenvalue weighted by Crippen LogP contribution is 2.21. The number of halogens is 2. The molecule has 0 spiro atoms. The van der Waals surface area contributed by atoms with Crippen molar-refractivity contribution < 1.29 is 9.18 Å². The van der Waals surface area contributed by atoms with E-state index in [1.54, 1.807) is 12.1 Å². The number of piperazine rings is 1. The molecule has 0 unspecified atom stereocenters. The molecule has 1 N–H and O–H groups in total. The molecule has 1 saturated heterocycles. The smallest absolute Gasteiger partial charge is 0.279 e. The summed E-state index contributed by atoms with van der Waals surface area (Å²) in [6.45, 7) is 6.46. The molecule has 0 atom stereocenters. The van der Waals surface area contributed by atoms with E-state index in [-0.39, 0.29) is 29.7 Å². The van der Waals surface area contributed by atoms with Crippen molar-refractivity contribution >= 4 is 29.6 Å². The third-order valence-corrected chi connectivity index (χ3v) is 6.27. The first-order valence-corrected chi connectivity index (χ1v) is 10.7. The van der Waals surface area contributed by atoms with Gasteiger partial charge in [0.1, 0.15) is 11.4 Å². The minimum Gasteiger partial charge on any atom is -0.368 e. The van der Waals surface area contributed by atoms with Gasteiger partial charge in [0, 0.05) is 63.6 Å². The maximum atomic E-state index is 13.4. The van der Waals surface area contributed by atoms with E-state index in [1.807, 2.05) is 11.8 Å². The molecule has 2 aliphatic heterocycles. The molecule has 5 rings (SSSR count). The van der Waals surface area contributed by atoms with Gasteiger partial charge in [-0.3, -0.25) is 9.59 Å². The highest BCUT2D eigenvalue weighted by atomic mass is 35.5. The Morgan fingerprint density at radius 1 is 1.16 bits per heavy atom. The lowest BCUT2D eigenvalue weighted by Gasteiger charge is -2.36. The van der Waals surface area contributed by atoms with Crippen molar-refractivity contribution in [1.29, 1.82) is 0 Å². The Morgan fingerprint density at radius 3 is 2.56 bits per heavy atom. The molecule has 1 amide bonds. The highest BCUT2D eigenvalue weighted by molar-refractivity contribution is 6.00. The van der Waals surface area contributed by atoms with E-state index < -0.39 is 0 Å². The van der Waals surface area contributed by atoms with Crippen molar-refractivity contribution in [1.82, 2.24) is 24.4 Å². The molecule has 2 aliphatic rings. The number of rotatable bonds is 3. The molecular formula is C22H26ClFN6O2. The van der Waals surface area contributed by atoms with E-state index in [9.17, 15) is 14.0 Å². The second-order valence-electron chi connectivity index (χ2n) is 7.95. The number of aromatic nitrogens is 3. The fourth-order valence-electron chi connectivity index (χ4n) is 4.66. The van der Waals surface area contributed by atoms with Gasteiger partial charge in [0.2, 0.25) is 0 Å². The van der Waals surface area contributed by atoms with Crippen LogP contribution >= 0.6 is 12.4 Å². The van der Waals surface area contributed by atoms with Crippen LogP contribution < -0.4 is 15.8 Å². The zero-order valence-electron chi connectivity index (χ0n) is 17.9. The topological polar surface area (TPSA) is 74.9 Å². The van der Waals surface area contributed by atoms with Crippen LogP contribution in [0.1, 0.15) is 28.5 Å². The zero-order chi connectivity index (χ0) is 21.5. The van der Waals surface area contributed by atoms with Crippen LogP contribution in [-0.2, 0) is 19.5 Å². The first kappa shape index (κ1) is 22.3. The highest BCUT2D eigenvalue weighted by Gasteiger charge is 2.28. The quantitative estimate of drug-likeness (QED) is 0.643. The number of nitrogens with zero attached hydrogens (tertiary/aromatic N) is 5. The predicted molar refractivity (Wildman–Crippen MR) is 122 cm³/mol. The number of hydrogen-bond donors (Lipinski definition) is 1. The van der Waals surface area contributed by atoms with Crippen LogP contribution in [0.2, 0.25) is 0 Å². The number of aryl methyl sites for hydroxylation is 1. The molecule has 4 heterocycles. The van der Waals surface area contributed by atoms with Gasteiger partial charge in [-0.2, -0.15) is 9.61 Å². The second kappa shape index (κ2) is 8.91. The fourth-order valence-corrected chi connectivity index (χ4v) is 4.66. The van der Waals surface area contributed by atoms with E-state index in [2.05, 4.69) is 19.9 Å². The molecule has 10 heteroatoms. The van der Waals surface area contributed by atoms with Crippen LogP contribution in [0, 0.1) is 5.82 Å². The van der Waals surface area contributed by atoms with Gasteiger partial charge in [-0.25, -0.2) is 4.39 Å². The van der Waals surface area contributed by atoms with Crippen LogP contribution in [0.4, 0.5) is 10.1 Å². The summed E-state index contributed by atoms with van der Waals surface area (Å²) in [5.41, 5.74) is 3.58. The molecule has 3 aromatic rings. The number of hydrogen-bond acceptors (Lipinski definition) is 5. The standard InChI is InChI=1S/C22H25FN6O2.ClH/c1-2-28-19-7-8-24-13-17(19)22(31)29-20(28)18(14-25-29)21(30)27-11-9-26(10-12-27)16-5-3-15(23)4-6-16;/h3-6,14,24H,2,7-13H2,1H3;1H. The number of nitrogens with one attached hydrogen (secondary N) is 1. The molecule has 0 radical (unpaired) electrons. The van der Waals surface area contributed by atoms with Crippen LogP contribution in [0.25, 0.3) is 5.65 Å². The van der Waals surface area contributed by atoms with Crippen molar-refractivity contribution in [3.05, 3.63) is 63.5 Å². The molecule has 0 aliphatic carbocycles. The number of carbonyl (C=O) groups is 1. The zero-order valence-corrected chi connectivity index (χ0v) is 18.7. The first-order chi connectivity index (χ1) is 15.1. The van der Waals surface area contributed by atoms with E-state index in [0.717, 1.165) is 29.9 Å². The van der Waals surface area contributed by atoms with Crippen molar-refractivity contribution in [2.45, 2.75) is 26.4 Å². The van der Waals surface area contributed by atoms with Crippen LogP contribution in [0.15, 0.2) is 35.3 Å². The van der Waals surface area contributed by atoms with E-state index in [1.165, 1.54) is 22.8 Å². The number of benzene rings is 1. The lowest BCUT2D eigenvalue weighted by atomic mass is 10.1. The summed E-state index contributed by atoms with van der Waals surface area (Å²) in [4.78, 5) is 30.3. The Bertz CT molecular complexity index is 1200. The molecule has 0 bridgehead atoms. The number of carbonyl (C=O) groups excluding carboxylic acids is 1.